The topological polar surface area (TPSA) is 127 Å². The molecular weight excluding hydrogens is 477 g/mol. The fourth-order valence-electron chi connectivity index (χ4n) is 4.17. The zero-order valence-corrected chi connectivity index (χ0v) is 19.1. The monoisotopic (exact) mass is 497 g/mol. The van der Waals surface area contributed by atoms with Crippen LogP contribution in [0.4, 0.5) is 4.39 Å². The second-order valence-electron chi connectivity index (χ2n) is 8.33. The summed E-state index contributed by atoms with van der Waals surface area (Å²) in [5.74, 6) is -1.33. The molecule has 1 aromatic heterocycles. The summed E-state index contributed by atoms with van der Waals surface area (Å²) in [5, 5.41) is 19.3. The van der Waals surface area contributed by atoms with Gasteiger partial charge in [-0.15, -0.1) is 5.10 Å². The van der Waals surface area contributed by atoms with E-state index in [1.807, 2.05) is 24.3 Å². The SMILES string of the molecule is O=C(NCC(=O)N1C[C@@](F)(Cn2ccnn2)C[C@H]1C(=O)O)c1ccc2c(c1)Oc1ccccc1S2. The van der Waals surface area contributed by atoms with E-state index in [9.17, 15) is 19.5 Å². The Morgan fingerprint density at radius 1 is 1.20 bits per heavy atom. The maximum atomic E-state index is 15.4. The molecule has 0 saturated carbocycles. The number of likely N-dealkylation sites (tertiary alicyclic amines) is 1. The van der Waals surface area contributed by atoms with Crippen LogP contribution in [0.5, 0.6) is 11.5 Å². The van der Waals surface area contributed by atoms with E-state index in [0.717, 1.165) is 14.7 Å². The summed E-state index contributed by atoms with van der Waals surface area (Å²) in [5.41, 5.74) is -1.71. The van der Waals surface area contributed by atoms with Crippen LogP contribution >= 0.6 is 11.8 Å². The number of halogens is 1. The highest BCUT2D eigenvalue weighted by Gasteiger charge is 2.49. The first-order chi connectivity index (χ1) is 16.8. The van der Waals surface area contributed by atoms with Crippen molar-refractivity contribution in [3.05, 3.63) is 60.4 Å². The van der Waals surface area contributed by atoms with Crippen molar-refractivity contribution in [1.82, 2.24) is 25.2 Å². The van der Waals surface area contributed by atoms with Crippen LogP contribution in [0.1, 0.15) is 16.8 Å². The molecular formula is C23H20FN5O5S. The predicted molar refractivity (Wildman–Crippen MR) is 121 cm³/mol. The number of carbonyl (C=O) groups excluding carboxylic acids is 2. The van der Waals surface area contributed by atoms with Crippen LogP contribution in [0.25, 0.3) is 0 Å². The number of nitrogens with zero attached hydrogens (tertiary/aromatic N) is 4. The molecule has 1 saturated heterocycles. The Balaban J connectivity index is 1.23. The van der Waals surface area contributed by atoms with Gasteiger partial charge in [-0.25, -0.2) is 13.9 Å². The van der Waals surface area contributed by atoms with Crippen molar-refractivity contribution >= 4 is 29.5 Å². The minimum absolute atomic E-state index is 0.233. The summed E-state index contributed by atoms with van der Waals surface area (Å²) in [6.45, 7) is -1.14. The first kappa shape index (κ1) is 22.8. The van der Waals surface area contributed by atoms with E-state index in [1.165, 1.54) is 28.8 Å². The smallest absolute Gasteiger partial charge is 0.326 e. The Kier molecular flexibility index (Phi) is 5.89. The number of ether oxygens (including phenoxy) is 1. The quantitative estimate of drug-likeness (QED) is 0.416. The number of carboxylic acid groups (broad SMARTS) is 1. The van der Waals surface area contributed by atoms with Crippen molar-refractivity contribution in [2.75, 3.05) is 13.1 Å². The van der Waals surface area contributed by atoms with Gasteiger partial charge in [0.15, 0.2) is 5.67 Å². The minimum Gasteiger partial charge on any atom is -0.480 e. The number of amides is 2. The second kappa shape index (κ2) is 9.02. The summed E-state index contributed by atoms with van der Waals surface area (Å²) in [6, 6.07) is 11.2. The van der Waals surface area contributed by atoms with Crippen molar-refractivity contribution in [1.29, 1.82) is 0 Å². The summed E-state index contributed by atoms with van der Waals surface area (Å²) >= 11 is 1.52. The molecule has 12 heteroatoms. The number of carbonyl (C=O) groups is 3. The number of nitrogens with one attached hydrogen (secondary N) is 1. The molecule has 0 radical (unpaired) electrons. The molecule has 5 rings (SSSR count). The molecule has 0 unspecified atom stereocenters. The average Bonchev–Trinajstić information content (AvgIpc) is 3.48. The zero-order chi connectivity index (χ0) is 24.6. The van der Waals surface area contributed by atoms with Gasteiger partial charge in [0.25, 0.3) is 5.91 Å². The van der Waals surface area contributed by atoms with Gasteiger partial charge in [-0.05, 0) is 30.3 Å². The Labute approximate surface area is 203 Å². The third kappa shape index (κ3) is 4.69. The Hall–Kier alpha value is -3.93. The number of hydrogen-bond donors (Lipinski definition) is 2. The molecule has 3 heterocycles. The van der Waals surface area contributed by atoms with Crippen LogP contribution in [0.2, 0.25) is 0 Å². The van der Waals surface area contributed by atoms with Gasteiger partial charge in [0.2, 0.25) is 5.91 Å². The molecule has 2 amide bonds. The first-order valence-electron chi connectivity index (χ1n) is 10.7. The van der Waals surface area contributed by atoms with Crippen molar-refractivity contribution in [3.63, 3.8) is 0 Å². The van der Waals surface area contributed by atoms with Crippen LogP contribution in [0.15, 0.2) is 64.6 Å². The fraction of sp³-hybridized carbons (Fsp3) is 0.261. The summed E-state index contributed by atoms with van der Waals surface area (Å²) in [6.07, 6.45) is 2.46. The molecule has 2 aliphatic heterocycles. The van der Waals surface area contributed by atoms with E-state index in [1.54, 1.807) is 18.2 Å². The summed E-state index contributed by atoms with van der Waals surface area (Å²) < 4.78 is 22.5. The summed E-state index contributed by atoms with van der Waals surface area (Å²) in [4.78, 5) is 39.9. The van der Waals surface area contributed by atoms with Gasteiger partial charge >= 0.3 is 5.97 Å². The molecule has 180 valence electrons. The molecule has 3 aromatic rings. The predicted octanol–water partition coefficient (Wildman–Crippen LogP) is 2.36. The average molecular weight is 498 g/mol. The van der Waals surface area contributed by atoms with Gasteiger partial charge < -0.3 is 20.1 Å². The number of para-hydroxylation sites is 1. The van der Waals surface area contributed by atoms with Crippen LogP contribution in [0, 0.1) is 0 Å². The normalized spacial score (nSPS) is 20.5. The lowest BCUT2D eigenvalue weighted by molar-refractivity contribution is -0.147. The lowest BCUT2D eigenvalue weighted by Gasteiger charge is -2.22. The van der Waals surface area contributed by atoms with E-state index >= 15 is 4.39 Å². The molecule has 10 nitrogen and oxygen atoms in total. The van der Waals surface area contributed by atoms with Gasteiger partial charge in [-0.1, -0.05) is 29.1 Å². The van der Waals surface area contributed by atoms with E-state index in [2.05, 4.69) is 15.6 Å². The molecule has 2 atom stereocenters. The van der Waals surface area contributed by atoms with Gasteiger partial charge in [0.05, 0.1) is 35.6 Å². The first-order valence-corrected chi connectivity index (χ1v) is 11.6. The number of aliphatic carboxylic acids is 1. The Bertz CT molecular complexity index is 1300. The highest BCUT2D eigenvalue weighted by molar-refractivity contribution is 7.99. The summed E-state index contributed by atoms with van der Waals surface area (Å²) in [7, 11) is 0. The molecule has 35 heavy (non-hydrogen) atoms. The molecule has 2 aromatic carbocycles. The number of rotatable bonds is 6. The number of fused-ring (bicyclic) bond motifs is 2. The molecule has 2 N–H and O–H groups in total. The van der Waals surface area contributed by atoms with Gasteiger partial charge in [-0.3, -0.25) is 9.59 Å². The fourth-order valence-corrected chi connectivity index (χ4v) is 5.10. The van der Waals surface area contributed by atoms with Crippen molar-refractivity contribution in [2.45, 2.75) is 34.5 Å². The largest absolute Gasteiger partial charge is 0.480 e. The second-order valence-corrected chi connectivity index (χ2v) is 9.41. The maximum Gasteiger partial charge on any atom is 0.326 e. The van der Waals surface area contributed by atoms with Crippen LogP contribution < -0.4 is 10.1 Å². The lowest BCUT2D eigenvalue weighted by Crippen LogP contribution is -2.46. The molecule has 0 bridgehead atoms. The number of aromatic nitrogens is 3. The van der Waals surface area contributed by atoms with Gasteiger partial charge in [0.1, 0.15) is 17.5 Å². The van der Waals surface area contributed by atoms with E-state index in [4.69, 9.17) is 4.74 Å². The van der Waals surface area contributed by atoms with Crippen molar-refractivity contribution < 1.29 is 28.6 Å². The highest BCUT2D eigenvalue weighted by atomic mass is 32.2. The molecule has 0 aliphatic carbocycles. The molecule has 2 aliphatic rings. The van der Waals surface area contributed by atoms with Crippen molar-refractivity contribution in [2.24, 2.45) is 0 Å². The van der Waals surface area contributed by atoms with E-state index in [-0.39, 0.29) is 18.5 Å². The van der Waals surface area contributed by atoms with Crippen LogP contribution in [0.3, 0.4) is 0 Å². The van der Waals surface area contributed by atoms with Crippen molar-refractivity contribution in [3.8, 4) is 11.5 Å². The number of carboxylic acids is 1. The number of alkyl halides is 1. The minimum atomic E-state index is -1.99. The Morgan fingerprint density at radius 3 is 2.77 bits per heavy atom. The lowest BCUT2D eigenvalue weighted by atomic mass is 10.0. The van der Waals surface area contributed by atoms with Gasteiger partial charge in [-0.2, -0.15) is 0 Å². The van der Waals surface area contributed by atoms with Crippen LogP contribution in [-0.4, -0.2) is 67.6 Å². The van der Waals surface area contributed by atoms with E-state index in [0.29, 0.717) is 11.5 Å². The molecule has 0 spiro atoms. The zero-order valence-electron chi connectivity index (χ0n) is 18.3. The third-order valence-corrected chi connectivity index (χ3v) is 6.92. The van der Waals surface area contributed by atoms with Gasteiger partial charge in [0, 0.05) is 18.2 Å². The molecule has 1 fully saturated rings. The third-order valence-electron chi connectivity index (χ3n) is 5.81. The number of benzene rings is 2. The highest BCUT2D eigenvalue weighted by Crippen LogP contribution is 2.46. The number of hydrogen-bond acceptors (Lipinski definition) is 7. The Morgan fingerprint density at radius 2 is 2.00 bits per heavy atom. The van der Waals surface area contributed by atoms with E-state index < -0.39 is 42.6 Å². The standard InChI is InChI=1S/C23H20FN5O5S/c24-23(12-28-8-7-26-27-28)10-15(22(32)33)29(13-23)20(30)11-25-21(31)14-5-6-19-17(9-14)34-16-3-1-2-4-18(16)35-19/h1-9,15H,10-13H2,(H,25,31)(H,32,33)/t15-,23-/m0/s1. The van der Waals surface area contributed by atoms with Crippen LogP contribution in [-0.2, 0) is 16.1 Å². The maximum absolute atomic E-state index is 15.4.